The maximum atomic E-state index is 13.5. The van der Waals surface area contributed by atoms with Crippen molar-refractivity contribution in [3.63, 3.8) is 0 Å². The third-order valence-electron chi connectivity index (χ3n) is 5.71. The van der Waals surface area contributed by atoms with E-state index in [0.717, 1.165) is 12.1 Å². The molecule has 0 spiro atoms. The van der Waals surface area contributed by atoms with E-state index >= 15 is 0 Å². The van der Waals surface area contributed by atoms with Gasteiger partial charge in [-0.3, -0.25) is 4.98 Å². The van der Waals surface area contributed by atoms with Gasteiger partial charge >= 0.3 is 12.2 Å². The molecule has 2 amide bonds. The average molecular weight is 499 g/mol. The molecule has 0 saturated carbocycles. The molecule has 0 radical (unpaired) electrons. The van der Waals surface area contributed by atoms with Gasteiger partial charge in [0, 0.05) is 37.2 Å². The number of nitrogens with zero attached hydrogens (tertiary/aromatic N) is 4. The first kappa shape index (κ1) is 24.8. The van der Waals surface area contributed by atoms with Crippen LogP contribution in [-0.2, 0) is 6.18 Å². The fraction of sp³-hybridized carbons (Fsp3) is 0.240. The van der Waals surface area contributed by atoms with Gasteiger partial charge in [0.2, 0.25) is 0 Å². The number of urea groups is 1. The van der Waals surface area contributed by atoms with Crippen LogP contribution in [0.1, 0.15) is 11.1 Å². The number of amides is 2. The van der Waals surface area contributed by atoms with E-state index in [2.05, 4.69) is 10.3 Å². The highest BCUT2D eigenvalue weighted by Crippen LogP contribution is 2.35. The lowest BCUT2D eigenvalue weighted by Crippen LogP contribution is -2.58. The number of pyridine rings is 1. The molecule has 3 aromatic rings. The van der Waals surface area contributed by atoms with E-state index in [1.54, 1.807) is 29.3 Å². The predicted octanol–water partition coefficient (Wildman–Crippen LogP) is 4.91. The van der Waals surface area contributed by atoms with Gasteiger partial charge in [0.05, 0.1) is 29.4 Å². The van der Waals surface area contributed by atoms with E-state index in [-0.39, 0.29) is 31.9 Å². The summed E-state index contributed by atoms with van der Waals surface area (Å²) < 4.78 is 59.5. The van der Waals surface area contributed by atoms with Crippen molar-refractivity contribution in [1.82, 2.24) is 9.88 Å². The Morgan fingerprint density at radius 3 is 2.61 bits per heavy atom. The average Bonchev–Trinajstić information content (AvgIpc) is 2.88. The van der Waals surface area contributed by atoms with Gasteiger partial charge in [-0.15, -0.1) is 0 Å². The summed E-state index contributed by atoms with van der Waals surface area (Å²) in [5.74, 6) is 0.0382. The van der Waals surface area contributed by atoms with Crippen LogP contribution in [0.3, 0.4) is 0 Å². The minimum atomic E-state index is -4.68. The van der Waals surface area contributed by atoms with Crippen LogP contribution in [0.4, 0.5) is 33.7 Å². The number of carbonyl (C=O) groups excluding carboxylic acids is 1. The van der Waals surface area contributed by atoms with Gasteiger partial charge < -0.3 is 19.9 Å². The Hall–Kier alpha value is -4.33. The van der Waals surface area contributed by atoms with Gasteiger partial charge in [0.15, 0.2) is 0 Å². The summed E-state index contributed by atoms with van der Waals surface area (Å²) in [6, 6.07) is 12.8. The van der Waals surface area contributed by atoms with Crippen LogP contribution in [-0.4, -0.2) is 48.2 Å². The first-order chi connectivity index (χ1) is 17.2. The second-order valence-corrected chi connectivity index (χ2v) is 8.07. The Balaban J connectivity index is 1.55. The standard InChI is InChI=1S/C25H21F4N5O2/c26-18-4-6-19(7-5-18)32-24(35)34-11-10-33(15-21(34)16-36-22-2-1-9-31-14-22)20-8-3-17(13-30)23(12-20)25(27,28)29/h1-9,12,14,21H,10-11,15-16H2,(H,32,35). The zero-order valence-corrected chi connectivity index (χ0v) is 18.9. The maximum absolute atomic E-state index is 13.5. The lowest BCUT2D eigenvalue weighted by Gasteiger charge is -2.42. The molecule has 186 valence electrons. The number of nitrogens with one attached hydrogen (secondary N) is 1. The number of hydrogen-bond donors (Lipinski definition) is 1. The number of piperazine rings is 1. The summed E-state index contributed by atoms with van der Waals surface area (Å²) in [5.41, 5.74) is -0.786. The molecule has 0 aliphatic carbocycles. The number of rotatable bonds is 5. The van der Waals surface area contributed by atoms with E-state index < -0.39 is 35.2 Å². The molecule has 1 fully saturated rings. The molecule has 1 aliphatic heterocycles. The summed E-state index contributed by atoms with van der Waals surface area (Å²) in [6.07, 6.45) is -1.58. The first-order valence-electron chi connectivity index (χ1n) is 11.0. The highest BCUT2D eigenvalue weighted by molar-refractivity contribution is 5.89. The fourth-order valence-electron chi connectivity index (χ4n) is 3.91. The summed E-state index contributed by atoms with van der Waals surface area (Å²) in [4.78, 5) is 20.3. The van der Waals surface area contributed by atoms with Crippen LogP contribution >= 0.6 is 0 Å². The van der Waals surface area contributed by atoms with Crippen molar-refractivity contribution in [2.45, 2.75) is 12.2 Å². The van der Waals surface area contributed by atoms with Crippen LogP contribution in [0, 0.1) is 17.1 Å². The minimum Gasteiger partial charge on any atom is -0.490 e. The van der Waals surface area contributed by atoms with Crippen molar-refractivity contribution in [1.29, 1.82) is 5.26 Å². The SMILES string of the molecule is N#Cc1ccc(N2CCN(C(=O)Nc3ccc(F)cc3)C(COc3cccnc3)C2)cc1C(F)(F)F. The van der Waals surface area contributed by atoms with Crippen molar-refractivity contribution in [3.05, 3.63) is 83.9 Å². The molecule has 1 aliphatic rings. The molecule has 1 N–H and O–H groups in total. The number of benzene rings is 2. The van der Waals surface area contributed by atoms with Gasteiger partial charge in [-0.25, -0.2) is 9.18 Å². The summed E-state index contributed by atoms with van der Waals surface area (Å²) in [7, 11) is 0. The van der Waals surface area contributed by atoms with Crippen molar-refractivity contribution in [2.24, 2.45) is 0 Å². The number of alkyl halides is 3. The molecule has 1 aromatic heterocycles. The monoisotopic (exact) mass is 499 g/mol. The van der Waals surface area contributed by atoms with Gasteiger partial charge in [0.1, 0.15) is 18.2 Å². The topological polar surface area (TPSA) is 81.5 Å². The van der Waals surface area contributed by atoms with Gasteiger partial charge in [-0.05, 0) is 54.6 Å². The van der Waals surface area contributed by atoms with Crippen LogP contribution < -0.4 is 15.0 Å². The van der Waals surface area contributed by atoms with Crippen molar-refractivity contribution < 1.29 is 27.1 Å². The Kier molecular flexibility index (Phi) is 7.24. The zero-order valence-electron chi connectivity index (χ0n) is 18.9. The number of ether oxygens (including phenoxy) is 1. The van der Waals surface area contributed by atoms with Gasteiger partial charge in [-0.1, -0.05) is 0 Å². The first-order valence-corrected chi connectivity index (χ1v) is 11.0. The molecule has 4 rings (SSSR count). The summed E-state index contributed by atoms with van der Waals surface area (Å²) in [5, 5.41) is 11.8. The Morgan fingerprint density at radius 1 is 1.17 bits per heavy atom. The Morgan fingerprint density at radius 2 is 1.94 bits per heavy atom. The molecule has 7 nitrogen and oxygen atoms in total. The van der Waals surface area contributed by atoms with Crippen LogP contribution in [0.25, 0.3) is 0 Å². The molecule has 0 bridgehead atoms. The second kappa shape index (κ2) is 10.5. The van der Waals surface area contributed by atoms with E-state index in [1.807, 2.05) is 0 Å². The summed E-state index contributed by atoms with van der Waals surface area (Å²) in [6.45, 7) is 0.681. The molecule has 36 heavy (non-hydrogen) atoms. The molecule has 1 saturated heterocycles. The van der Waals surface area contributed by atoms with Crippen molar-refractivity contribution >= 4 is 17.4 Å². The van der Waals surface area contributed by atoms with Crippen LogP contribution in [0.15, 0.2) is 67.0 Å². The number of hydrogen-bond acceptors (Lipinski definition) is 5. The molecule has 1 unspecified atom stereocenters. The molecule has 2 aromatic carbocycles. The van der Waals surface area contributed by atoms with Crippen molar-refractivity contribution in [3.8, 4) is 11.8 Å². The van der Waals surface area contributed by atoms with E-state index in [1.165, 1.54) is 41.4 Å². The largest absolute Gasteiger partial charge is 0.490 e. The van der Waals surface area contributed by atoms with Crippen molar-refractivity contribution in [2.75, 3.05) is 36.5 Å². The van der Waals surface area contributed by atoms with Gasteiger partial charge in [0.25, 0.3) is 0 Å². The van der Waals surface area contributed by atoms with E-state index in [9.17, 15) is 22.4 Å². The molecular weight excluding hydrogens is 478 g/mol. The molecule has 1 atom stereocenters. The smallest absolute Gasteiger partial charge is 0.417 e. The highest BCUT2D eigenvalue weighted by atomic mass is 19.4. The predicted molar refractivity (Wildman–Crippen MR) is 124 cm³/mol. The number of nitriles is 1. The maximum Gasteiger partial charge on any atom is 0.417 e. The van der Waals surface area contributed by atoms with E-state index in [4.69, 9.17) is 10.00 Å². The molecule has 11 heteroatoms. The fourth-order valence-corrected chi connectivity index (χ4v) is 3.91. The third-order valence-corrected chi connectivity index (χ3v) is 5.71. The Bertz CT molecular complexity index is 1250. The van der Waals surface area contributed by atoms with Gasteiger partial charge in [-0.2, -0.15) is 18.4 Å². The summed E-state index contributed by atoms with van der Waals surface area (Å²) >= 11 is 0. The van der Waals surface area contributed by atoms with Crippen LogP contribution in [0.2, 0.25) is 0 Å². The molecular formula is C25H21F4N5O2. The third kappa shape index (κ3) is 5.83. The number of anilines is 2. The highest BCUT2D eigenvalue weighted by Gasteiger charge is 2.36. The Labute approximate surface area is 204 Å². The zero-order chi connectivity index (χ0) is 25.7. The quantitative estimate of drug-likeness (QED) is 0.505. The number of halogens is 4. The second-order valence-electron chi connectivity index (χ2n) is 8.07. The lowest BCUT2D eigenvalue weighted by atomic mass is 10.1. The van der Waals surface area contributed by atoms with E-state index in [0.29, 0.717) is 11.4 Å². The lowest BCUT2D eigenvalue weighted by molar-refractivity contribution is -0.137. The number of aromatic nitrogens is 1. The normalized spacial score (nSPS) is 15.8. The molecule has 2 heterocycles. The van der Waals surface area contributed by atoms with Crippen LogP contribution in [0.5, 0.6) is 5.75 Å². The number of carbonyl (C=O) groups is 1. The minimum absolute atomic E-state index is 0.0570.